The van der Waals surface area contributed by atoms with Crippen molar-refractivity contribution in [1.82, 2.24) is 14.8 Å². The molecule has 2 aromatic carbocycles. The van der Waals surface area contributed by atoms with E-state index in [1.165, 1.54) is 5.39 Å². The average molecular weight is 437 g/mol. The van der Waals surface area contributed by atoms with Gasteiger partial charge in [0.15, 0.2) is 0 Å². The number of para-hydroxylation sites is 1. The Bertz CT molecular complexity index is 1140. The van der Waals surface area contributed by atoms with Crippen LogP contribution in [-0.4, -0.2) is 61.8 Å². The molecule has 32 heavy (non-hydrogen) atoms. The first-order valence-electron chi connectivity index (χ1n) is 10.6. The quantitative estimate of drug-likeness (QED) is 0.589. The van der Waals surface area contributed by atoms with Gasteiger partial charge in [-0.3, -0.25) is 9.69 Å². The van der Waals surface area contributed by atoms with Crippen LogP contribution in [0.5, 0.6) is 11.5 Å². The molecule has 8 nitrogen and oxygen atoms in total. The molecule has 1 aromatic heterocycles. The van der Waals surface area contributed by atoms with Crippen LogP contribution in [0.25, 0.3) is 10.9 Å². The van der Waals surface area contributed by atoms with Crippen LogP contribution in [0.2, 0.25) is 0 Å². The SMILES string of the molecule is COc1ccc(OC)c(N2CCN(CC(=O)NCCn3c(C)cc4ccccc43)C2=O)c1. The van der Waals surface area contributed by atoms with Gasteiger partial charge in [-0.25, -0.2) is 4.79 Å². The summed E-state index contributed by atoms with van der Waals surface area (Å²) in [6.45, 7) is 4.19. The number of rotatable bonds is 8. The number of urea groups is 1. The lowest BCUT2D eigenvalue weighted by atomic mass is 10.2. The third-order valence-electron chi connectivity index (χ3n) is 5.78. The third-order valence-corrected chi connectivity index (χ3v) is 5.78. The van der Waals surface area contributed by atoms with Crippen molar-refractivity contribution in [2.45, 2.75) is 13.5 Å². The van der Waals surface area contributed by atoms with Gasteiger partial charge in [-0.1, -0.05) is 18.2 Å². The standard InChI is InChI=1S/C24H28N4O4/c1-17-14-18-6-4-5-7-20(18)27(17)11-10-25-23(29)16-26-12-13-28(24(26)30)21-15-19(31-2)8-9-22(21)32-3/h4-9,14-15H,10-13,16H2,1-3H3,(H,25,29). The Kier molecular flexibility index (Phi) is 6.20. The van der Waals surface area contributed by atoms with Crippen LogP contribution in [0.4, 0.5) is 10.5 Å². The molecule has 0 aliphatic carbocycles. The minimum Gasteiger partial charge on any atom is -0.497 e. The number of hydrogen-bond acceptors (Lipinski definition) is 4. The zero-order chi connectivity index (χ0) is 22.7. The lowest BCUT2D eigenvalue weighted by Gasteiger charge is -2.21. The number of aromatic nitrogens is 1. The smallest absolute Gasteiger partial charge is 0.325 e. The molecule has 0 saturated carbocycles. The van der Waals surface area contributed by atoms with Crippen LogP contribution in [0, 0.1) is 6.92 Å². The molecule has 3 amide bonds. The Hall–Kier alpha value is -3.68. The Balaban J connectivity index is 1.34. The molecule has 0 unspecified atom stereocenters. The second-order valence-electron chi connectivity index (χ2n) is 7.74. The number of benzene rings is 2. The first-order valence-corrected chi connectivity index (χ1v) is 10.6. The number of methoxy groups -OCH3 is 2. The van der Waals surface area contributed by atoms with E-state index in [-0.39, 0.29) is 18.5 Å². The zero-order valence-corrected chi connectivity index (χ0v) is 18.6. The molecule has 1 fully saturated rings. The van der Waals surface area contributed by atoms with E-state index in [1.54, 1.807) is 42.2 Å². The molecule has 8 heteroatoms. The Morgan fingerprint density at radius 1 is 1.06 bits per heavy atom. The minimum absolute atomic E-state index is 0.0209. The van der Waals surface area contributed by atoms with Gasteiger partial charge in [0.05, 0.1) is 19.9 Å². The van der Waals surface area contributed by atoms with Crippen LogP contribution in [0.3, 0.4) is 0 Å². The van der Waals surface area contributed by atoms with Crippen LogP contribution in [0.15, 0.2) is 48.5 Å². The highest BCUT2D eigenvalue weighted by molar-refractivity contribution is 5.98. The molecule has 1 saturated heterocycles. The highest BCUT2D eigenvalue weighted by Crippen LogP contribution is 2.34. The van der Waals surface area contributed by atoms with Crippen molar-refractivity contribution < 1.29 is 19.1 Å². The highest BCUT2D eigenvalue weighted by Gasteiger charge is 2.32. The van der Waals surface area contributed by atoms with Crippen molar-refractivity contribution in [2.75, 3.05) is 45.3 Å². The first-order chi connectivity index (χ1) is 15.5. The third kappa shape index (κ3) is 4.21. The van der Waals surface area contributed by atoms with E-state index >= 15 is 0 Å². The van der Waals surface area contributed by atoms with E-state index in [9.17, 15) is 9.59 Å². The summed E-state index contributed by atoms with van der Waals surface area (Å²) in [5, 5.41) is 4.13. The molecular formula is C24H28N4O4. The van der Waals surface area contributed by atoms with E-state index in [0.29, 0.717) is 43.4 Å². The number of aryl methyl sites for hydroxylation is 1. The summed E-state index contributed by atoms with van der Waals surface area (Å²) < 4.78 is 12.9. The lowest BCUT2D eigenvalue weighted by Crippen LogP contribution is -2.40. The van der Waals surface area contributed by atoms with Crippen molar-refractivity contribution in [2.24, 2.45) is 0 Å². The Morgan fingerprint density at radius 3 is 2.66 bits per heavy atom. The maximum atomic E-state index is 12.9. The van der Waals surface area contributed by atoms with Crippen LogP contribution in [-0.2, 0) is 11.3 Å². The molecule has 2 heterocycles. The number of amides is 3. The highest BCUT2D eigenvalue weighted by atomic mass is 16.5. The van der Waals surface area contributed by atoms with Crippen molar-refractivity contribution in [1.29, 1.82) is 0 Å². The normalized spacial score (nSPS) is 13.7. The minimum atomic E-state index is -0.223. The van der Waals surface area contributed by atoms with Crippen molar-refractivity contribution in [3.63, 3.8) is 0 Å². The molecule has 168 valence electrons. The number of anilines is 1. The molecular weight excluding hydrogens is 408 g/mol. The summed E-state index contributed by atoms with van der Waals surface area (Å²) in [4.78, 5) is 28.6. The van der Waals surface area contributed by atoms with Crippen molar-refractivity contribution in [3.05, 3.63) is 54.2 Å². The second-order valence-corrected chi connectivity index (χ2v) is 7.74. The van der Waals surface area contributed by atoms with Gasteiger partial charge in [0, 0.05) is 43.5 Å². The summed E-state index contributed by atoms with van der Waals surface area (Å²) in [6, 6.07) is 15.4. The predicted molar refractivity (Wildman–Crippen MR) is 124 cm³/mol. The van der Waals surface area contributed by atoms with E-state index in [4.69, 9.17) is 9.47 Å². The molecule has 3 aromatic rings. The van der Waals surface area contributed by atoms with Crippen LogP contribution >= 0.6 is 0 Å². The molecule has 1 N–H and O–H groups in total. The van der Waals surface area contributed by atoms with Crippen molar-refractivity contribution >= 4 is 28.5 Å². The van der Waals surface area contributed by atoms with E-state index in [2.05, 4.69) is 35.0 Å². The molecule has 0 radical (unpaired) electrons. The number of nitrogens with one attached hydrogen (secondary N) is 1. The molecule has 1 aliphatic rings. The molecule has 1 aliphatic heterocycles. The summed E-state index contributed by atoms with van der Waals surface area (Å²) in [5.74, 6) is 1.05. The van der Waals surface area contributed by atoms with E-state index in [1.807, 2.05) is 12.1 Å². The van der Waals surface area contributed by atoms with Crippen LogP contribution in [0.1, 0.15) is 5.69 Å². The fourth-order valence-electron chi connectivity index (χ4n) is 4.14. The number of carbonyl (C=O) groups is 2. The molecule has 0 atom stereocenters. The van der Waals surface area contributed by atoms with Gasteiger partial charge >= 0.3 is 6.03 Å². The van der Waals surface area contributed by atoms with Gasteiger partial charge in [0.25, 0.3) is 0 Å². The number of carbonyl (C=O) groups excluding carboxylic acids is 2. The van der Waals surface area contributed by atoms with Gasteiger partial charge in [0.1, 0.15) is 18.0 Å². The van der Waals surface area contributed by atoms with E-state index < -0.39 is 0 Å². The van der Waals surface area contributed by atoms with Gasteiger partial charge < -0.3 is 24.3 Å². The fourth-order valence-corrected chi connectivity index (χ4v) is 4.14. The maximum absolute atomic E-state index is 12.9. The van der Waals surface area contributed by atoms with Crippen LogP contribution < -0.4 is 19.7 Å². The summed E-state index contributed by atoms with van der Waals surface area (Å²) in [5.41, 5.74) is 2.93. The molecule has 0 bridgehead atoms. The van der Waals surface area contributed by atoms with Gasteiger partial charge in [-0.15, -0.1) is 0 Å². The number of hydrogen-bond donors (Lipinski definition) is 1. The number of fused-ring (bicyclic) bond motifs is 1. The zero-order valence-electron chi connectivity index (χ0n) is 18.6. The average Bonchev–Trinajstić information content (AvgIpc) is 3.32. The van der Waals surface area contributed by atoms with E-state index in [0.717, 1.165) is 11.2 Å². The molecule has 0 spiro atoms. The number of ether oxygens (including phenoxy) is 2. The summed E-state index contributed by atoms with van der Waals surface area (Å²) in [7, 11) is 3.14. The Labute approximate surface area is 187 Å². The Morgan fingerprint density at radius 2 is 1.88 bits per heavy atom. The monoisotopic (exact) mass is 436 g/mol. The predicted octanol–water partition coefficient (Wildman–Crippen LogP) is 3.03. The number of nitrogens with zero attached hydrogens (tertiary/aromatic N) is 3. The van der Waals surface area contributed by atoms with Gasteiger partial charge in [0.2, 0.25) is 5.91 Å². The first kappa shape index (κ1) is 21.5. The molecule has 4 rings (SSSR count). The van der Waals surface area contributed by atoms with Gasteiger partial charge in [-0.2, -0.15) is 0 Å². The lowest BCUT2D eigenvalue weighted by molar-refractivity contribution is -0.121. The topological polar surface area (TPSA) is 76.0 Å². The maximum Gasteiger partial charge on any atom is 0.325 e. The van der Waals surface area contributed by atoms with Crippen molar-refractivity contribution in [3.8, 4) is 11.5 Å². The largest absolute Gasteiger partial charge is 0.497 e. The fraction of sp³-hybridized carbons (Fsp3) is 0.333. The second kappa shape index (κ2) is 9.21. The summed E-state index contributed by atoms with van der Waals surface area (Å²) >= 11 is 0. The van der Waals surface area contributed by atoms with Gasteiger partial charge in [-0.05, 0) is 36.6 Å². The summed E-state index contributed by atoms with van der Waals surface area (Å²) in [6.07, 6.45) is 0.